The fraction of sp³-hybridized carbons (Fsp3) is 0.500. The van der Waals surface area contributed by atoms with Crippen molar-refractivity contribution >= 4 is 29.1 Å². The molecule has 0 heterocycles. The number of carbonyl (C=O) groups is 1. The van der Waals surface area contributed by atoms with Crippen molar-refractivity contribution in [3.05, 3.63) is 29.3 Å². The molecule has 1 aliphatic carbocycles. The Hall–Kier alpha value is -0.930. The summed E-state index contributed by atoms with van der Waals surface area (Å²) in [6, 6.07) is 7.03. The van der Waals surface area contributed by atoms with E-state index in [4.69, 9.17) is 27.9 Å². The number of alkyl halides is 1. The minimum atomic E-state index is -0.0296. The van der Waals surface area contributed by atoms with Gasteiger partial charge in [-0.05, 0) is 37.0 Å². The maximum Gasteiger partial charge on any atom is 0.260 e. The average Bonchev–Trinajstić information content (AvgIpc) is 2.34. The van der Waals surface area contributed by atoms with E-state index in [1.54, 1.807) is 36.2 Å². The van der Waals surface area contributed by atoms with Crippen LogP contribution in [-0.2, 0) is 4.79 Å². The Kier molecular flexibility index (Phi) is 4.94. The summed E-state index contributed by atoms with van der Waals surface area (Å²) in [4.78, 5) is 13.6. The molecule has 0 saturated heterocycles. The fourth-order valence-electron chi connectivity index (χ4n) is 2.10. The summed E-state index contributed by atoms with van der Waals surface area (Å²) in [5.41, 5.74) is 0. The van der Waals surface area contributed by atoms with Crippen LogP contribution in [0.15, 0.2) is 24.3 Å². The second-order valence-corrected chi connectivity index (χ2v) is 6.01. The number of hydrogen-bond donors (Lipinski definition) is 0. The van der Waals surface area contributed by atoms with Gasteiger partial charge in [0.1, 0.15) is 5.75 Å². The zero-order valence-electron chi connectivity index (χ0n) is 10.8. The monoisotopic (exact) mass is 301 g/mol. The Morgan fingerprint density at radius 1 is 1.47 bits per heavy atom. The predicted molar refractivity (Wildman–Crippen MR) is 76.9 cm³/mol. The molecule has 5 heteroatoms. The molecule has 19 heavy (non-hydrogen) atoms. The van der Waals surface area contributed by atoms with E-state index in [-0.39, 0.29) is 17.9 Å². The maximum atomic E-state index is 11.9. The lowest BCUT2D eigenvalue weighted by atomic mass is 9.84. The largest absolute Gasteiger partial charge is 0.484 e. The topological polar surface area (TPSA) is 29.5 Å². The molecule has 2 rings (SSSR count). The highest BCUT2D eigenvalue weighted by atomic mass is 35.5. The van der Waals surface area contributed by atoms with Crippen LogP contribution < -0.4 is 4.74 Å². The van der Waals surface area contributed by atoms with Gasteiger partial charge in [-0.25, -0.2) is 0 Å². The molecule has 1 aromatic rings. The van der Waals surface area contributed by atoms with Crippen molar-refractivity contribution in [1.29, 1.82) is 0 Å². The summed E-state index contributed by atoms with van der Waals surface area (Å²) in [5.74, 6) is 1.11. The Balaban J connectivity index is 1.74. The van der Waals surface area contributed by atoms with Crippen LogP contribution in [0, 0.1) is 5.92 Å². The minimum absolute atomic E-state index is 0.0296. The van der Waals surface area contributed by atoms with Crippen molar-refractivity contribution < 1.29 is 9.53 Å². The molecule has 1 saturated carbocycles. The number of halogens is 2. The van der Waals surface area contributed by atoms with E-state index in [0.717, 1.165) is 19.4 Å². The molecular weight excluding hydrogens is 285 g/mol. The SMILES string of the molecule is CN(CC1CC(Cl)C1)C(=O)COc1cccc(Cl)c1. The molecule has 0 aromatic heterocycles. The lowest BCUT2D eigenvalue weighted by Gasteiger charge is -2.34. The van der Waals surface area contributed by atoms with Crippen LogP contribution in [0.25, 0.3) is 0 Å². The third-order valence-corrected chi connectivity index (χ3v) is 3.89. The number of nitrogens with zero attached hydrogens (tertiary/aromatic N) is 1. The van der Waals surface area contributed by atoms with E-state index in [2.05, 4.69) is 0 Å². The van der Waals surface area contributed by atoms with Crippen LogP contribution in [0.1, 0.15) is 12.8 Å². The lowest BCUT2D eigenvalue weighted by molar-refractivity contribution is -0.132. The summed E-state index contributed by atoms with van der Waals surface area (Å²) in [7, 11) is 1.80. The van der Waals surface area contributed by atoms with Crippen molar-refractivity contribution in [2.24, 2.45) is 5.92 Å². The zero-order chi connectivity index (χ0) is 13.8. The Morgan fingerprint density at radius 2 is 2.21 bits per heavy atom. The number of rotatable bonds is 5. The molecule has 104 valence electrons. The van der Waals surface area contributed by atoms with Crippen molar-refractivity contribution in [3.8, 4) is 5.75 Å². The highest BCUT2D eigenvalue weighted by molar-refractivity contribution is 6.30. The lowest BCUT2D eigenvalue weighted by Crippen LogP contribution is -2.39. The molecule has 0 radical (unpaired) electrons. The molecule has 0 N–H and O–H groups in total. The van der Waals surface area contributed by atoms with Gasteiger partial charge in [-0.15, -0.1) is 11.6 Å². The van der Waals surface area contributed by atoms with Crippen molar-refractivity contribution in [2.75, 3.05) is 20.2 Å². The summed E-state index contributed by atoms with van der Waals surface area (Å²) in [5, 5.41) is 0.886. The molecule has 0 aliphatic heterocycles. The second-order valence-electron chi connectivity index (χ2n) is 4.96. The Labute approximate surface area is 123 Å². The first-order chi connectivity index (χ1) is 9.04. The third kappa shape index (κ3) is 4.29. The van der Waals surface area contributed by atoms with E-state index < -0.39 is 0 Å². The molecule has 1 amide bonds. The molecule has 3 nitrogen and oxygen atoms in total. The zero-order valence-corrected chi connectivity index (χ0v) is 12.3. The number of benzene rings is 1. The minimum Gasteiger partial charge on any atom is -0.484 e. The molecule has 1 aromatic carbocycles. The highest BCUT2D eigenvalue weighted by Gasteiger charge is 2.29. The van der Waals surface area contributed by atoms with Crippen LogP contribution in [0.4, 0.5) is 0 Å². The molecule has 0 atom stereocenters. The van der Waals surface area contributed by atoms with Gasteiger partial charge in [-0.2, -0.15) is 0 Å². The molecule has 0 spiro atoms. The summed E-state index contributed by atoms with van der Waals surface area (Å²) < 4.78 is 5.42. The van der Waals surface area contributed by atoms with Crippen molar-refractivity contribution in [2.45, 2.75) is 18.2 Å². The highest BCUT2D eigenvalue weighted by Crippen LogP contribution is 2.32. The van der Waals surface area contributed by atoms with Gasteiger partial charge < -0.3 is 9.64 Å². The molecule has 1 fully saturated rings. The number of likely N-dealkylation sites (N-methyl/N-ethyl adjacent to an activating group) is 1. The van der Waals surface area contributed by atoms with E-state index in [0.29, 0.717) is 16.7 Å². The Bertz CT molecular complexity index is 447. The van der Waals surface area contributed by atoms with Gasteiger partial charge in [0, 0.05) is 24.0 Å². The predicted octanol–water partition coefficient (Wildman–Crippen LogP) is 3.19. The number of amides is 1. The number of ether oxygens (including phenoxy) is 1. The van der Waals surface area contributed by atoms with Crippen LogP contribution in [0.2, 0.25) is 5.02 Å². The van der Waals surface area contributed by atoms with Gasteiger partial charge in [-0.3, -0.25) is 4.79 Å². The molecule has 0 bridgehead atoms. The van der Waals surface area contributed by atoms with Crippen LogP contribution in [0.5, 0.6) is 5.75 Å². The first kappa shape index (κ1) is 14.5. The fourth-order valence-corrected chi connectivity index (χ4v) is 2.79. The molecular formula is C14H17Cl2NO2. The molecule has 1 aliphatic rings. The standard InChI is InChI=1S/C14H17Cl2NO2/c1-17(8-10-5-12(16)6-10)14(18)9-19-13-4-2-3-11(15)7-13/h2-4,7,10,12H,5-6,8-9H2,1H3. The van der Waals surface area contributed by atoms with Crippen LogP contribution >= 0.6 is 23.2 Å². The van der Waals surface area contributed by atoms with E-state index >= 15 is 0 Å². The quantitative estimate of drug-likeness (QED) is 0.782. The number of carbonyl (C=O) groups excluding carboxylic acids is 1. The van der Waals surface area contributed by atoms with E-state index in [1.807, 2.05) is 0 Å². The normalized spacial score (nSPS) is 21.6. The van der Waals surface area contributed by atoms with Gasteiger partial charge in [-0.1, -0.05) is 17.7 Å². The summed E-state index contributed by atoms with van der Waals surface area (Å²) in [6.45, 7) is 0.787. The molecule has 0 unspecified atom stereocenters. The smallest absolute Gasteiger partial charge is 0.260 e. The van der Waals surface area contributed by atoms with Gasteiger partial charge in [0.05, 0.1) is 0 Å². The van der Waals surface area contributed by atoms with Crippen LogP contribution in [0.3, 0.4) is 0 Å². The third-order valence-electron chi connectivity index (χ3n) is 3.29. The van der Waals surface area contributed by atoms with Crippen LogP contribution in [-0.4, -0.2) is 36.4 Å². The Morgan fingerprint density at radius 3 is 2.84 bits per heavy atom. The van der Waals surface area contributed by atoms with E-state index in [1.165, 1.54) is 0 Å². The average molecular weight is 302 g/mol. The van der Waals surface area contributed by atoms with Crippen molar-refractivity contribution in [1.82, 2.24) is 4.90 Å². The summed E-state index contributed by atoms with van der Waals surface area (Å²) >= 11 is 11.8. The van der Waals surface area contributed by atoms with Gasteiger partial charge in [0.25, 0.3) is 5.91 Å². The first-order valence-electron chi connectivity index (χ1n) is 6.31. The van der Waals surface area contributed by atoms with Crippen molar-refractivity contribution in [3.63, 3.8) is 0 Å². The van der Waals surface area contributed by atoms with Gasteiger partial charge in [0.15, 0.2) is 6.61 Å². The van der Waals surface area contributed by atoms with Gasteiger partial charge >= 0.3 is 0 Å². The maximum absolute atomic E-state index is 11.9. The second kappa shape index (κ2) is 6.49. The first-order valence-corrected chi connectivity index (χ1v) is 7.12. The van der Waals surface area contributed by atoms with E-state index in [9.17, 15) is 4.79 Å². The van der Waals surface area contributed by atoms with Gasteiger partial charge in [0.2, 0.25) is 0 Å². The summed E-state index contributed by atoms with van der Waals surface area (Å²) in [6.07, 6.45) is 1.99. The number of hydrogen-bond acceptors (Lipinski definition) is 2.